The van der Waals surface area contributed by atoms with Crippen LogP contribution in [0.15, 0.2) is 36.0 Å². The Kier molecular flexibility index (Phi) is 12.8. The number of hydrogen-bond donors (Lipinski definition) is 3. The van der Waals surface area contributed by atoms with Gasteiger partial charge in [-0.25, -0.2) is 0 Å². The molecule has 1 aromatic rings. The molecule has 1 saturated heterocycles. The van der Waals surface area contributed by atoms with Gasteiger partial charge in [-0.3, -0.25) is 19.3 Å². The normalized spacial score (nSPS) is 15.9. The number of carbonyl (C=O) groups is 3. The van der Waals surface area contributed by atoms with Crippen molar-refractivity contribution < 1.29 is 28.6 Å². The molecular formula is C25H38N4O6. The number of fused-ring (bicyclic) bond motifs is 1. The number of benzene rings is 1. The molecular weight excluding hydrogens is 452 g/mol. The Morgan fingerprint density at radius 1 is 1.14 bits per heavy atom. The van der Waals surface area contributed by atoms with E-state index in [2.05, 4.69) is 27.1 Å². The first-order chi connectivity index (χ1) is 16.9. The lowest BCUT2D eigenvalue weighted by molar-refractivity contribution is -0.145. The largest absolute Gasteiger partial charge is 0.465 e. The lowest BCUT2D eigenvalue weighted by Crippen LogP contribution is -2.38. The van der Waals surface area contributed by atoms with Crippen LogP contribution in [-0.4, -0.2) is 74.8 Å². The molecule has 2 aliphatic heterocycles. The van der Waals surface area contributed by atoms with E-state index in [-0.39, 0.29) is 18.8 Å². The highest BCUT2D eigenvalue weighted by Gasteiger charge is 2.15. The Labute approximate surface area is 206 Å². The van der Waals surface area contributed by atoms with Crippen molar-refractivity contribution in [3.63, 3.8) is 0 Å². The topological polar surface area (TPSA) is 146 Å². The van der Waals surface area contributed by atoms with Gasteiger partial charge >= 0.3 is 11.9 Å². The zero-order chi connectivity index (χ0) is 25.5. The molecule has 0 radical (unpaired) electrons. The Morgan fingerprint density at radius 2 is 1.89 bits per heavy atom. The standard InChI is InChI=1S/C18H24N2O3.C7H14N2O3/c21-18(23-12-9-20-7-10-22-11-8-20)6-5-15-13-16-3-1-2-4-17(16)19-14-15;1-2-12-7(11)5(8)3-4-6(9)10/h1-4,14,19H,5-13H2;5H,2-4,8H2,1H3,(H2,9,10). The molecule has 1 amide bonds. The maximum Gasteiger partial charge on any atom is 0.322 e. The summed E-state index contributed by atoms with van der Waals surface area (Å²) in [5.41, 5.74) is 13.9. The number of rotatable bonds is 11. The van der Waals surface area contributed by atoms with Crippen molar-refractivity contribution >= 4 is 23.5 Å². The first-order valence-corrected chi connectivity index (χ1v) is 12.1. The summed E-state index contributed by atoms with van der Waals surface area (Å²) in [6.45, 7) is 6.66. The van der Waals surface area contributed by atoms with Crippen LogP contribution < -0.4 is 16.8 Å². The number of nitrogens with two attached hydrogens (primary N) is 2. The molecule has 2 heterocycles. The summed E-state index contributed by atoms with van der Waals surface area (Å²) in [6.07, 6.45) is 4.47. The van der Waals surface area contributed by atoms with Crippen LogP contribution in [0.25, 0.3) is 0 Å². The molecule has 3 rings (SSSR count). The van der Waals surface area contributed by atoms with Crippen LogP contribution in [0.1, 0.15) is 38.2 Å². The van der Waals surface area contributed by atoms with Crippen LogP contribution in [-0.2, 0) is 35.0 Å². The van der Waals surface area contributed by atoms with Gasteiger partial charge in [0.15, 0.2) is 0 Å². The van der Waals surface area contributed by atoms with Crippen LogP contribution in [0.5, 0.6) is 0 Å². The third-order valence-corrected chi connectivity index (χ3v) is 5.58. The third kappa shape index (κ3) is 11.3. The number of ether oxygens (including phenoxy) is 3. The van der Waals surface area contributed by atoms with Gasteiger partial charge in [0.2, 0.25) is 5.91 Å². The second-order valence-electron chi connectivity index (χ2n) is 8.32. The molecule has 0 spiro atoms. The zero-order valence-electron chi connectivity index (χ0n) is 20.5. The maximum absolute atomic E-state index is 11.9. The van der Waals surface area contributed by atoms with Gasteiger partial charge in [0, 0.05) is 44.4 Å². The SMILES string of the molecule is CCOC(=O)C(N)CCC(N)=O.O=C(CCC1=CNc2ccccc2C1)OCCN1CCOCC1. The van der Waals surface area contributed by atoms with E-state index in [0.717, 1.165) is 51.4 Å². The minimum absolute atomic E-state index is 0.111. The number of hydrogen-bond acceptors (Lipinski definition) is 9. The molecule has 2 aliphatic rings. The number of nitrogens with one attached hydrogen (secondary N) is 1. The molecule has 1 unspecified atom stereocenters. The van der Waals surface area contributed by atoms with E-state index in [1.807, 2.05) is 18.3 Å². The number of morpholine rings is 1. The number of primary amides is 1. The minimum Gasteiger partial charge on any atom is -0.465 e. The monoisotopic (exact) mass is 490 g/mol. The number of amides is 1. The molecule has 0 aliphatic carbocycles. The first-order valence-electron chi connectivity index (χ1n) is 12.1. The predicted octanol–water partition coefficient (Wildman–Crippen LogP) is 1.34. The molecule has 1 fully saturated rings. The van der Waals surface area contributed by atoms with E-state index < -0.39 is 17.9 Å². The summed E-state index contributed by atoms with van der Waals surface area (Å²) in [5, 5.41) is 3.29. The average molecular weight is 491 g/mol. The van der Waals surface area contributed by atoms with Crippen molar-refractivity contribution in [1.82, 2.24) is 4.90 Å². The molecule has 1 atom stereocenters. The number of allylic oxidation sites excluding steroid dienone is 1. The van der Waals surface area contributed by atoms with E-state index in [0.29, 0.717) is 19.6 Å². The summed E-state index contributed by atoms with van der Waals surface area (Å²) in [7, 11) is 0. The number of para-hydroxylation sites is 1. The Morgan fingerprint density at radius 3 is 2.60 bits per heavy atom. The van der Waals surface area contributed by atoms with E-state index in [1.54, 1.807) is 6.92 Å². The fraction of sp³-hybridized carbons (Fsp3) is 0.560. The Bertz CT molecular complexity index is 854. The first kappa shape index (κ1) is 28.3. The summed E-state index contributed by atoms with van der Waals surface area (Å²) in [6, 6.07) is 7.52. The summed E-state index contributed by atoms with van der Waals surface area (Å²) in [4.78, 5) is 35.3. The summed E-state index contributed by atoms with van der Waals surface area (Å²) < 4.78 is 15.3. The van der Waals surface area contributed by atoms with Crippen molar-refractivity contribution in [2.75, 3.05) is 51.4 Å². The van der Waals surface area contributed by atoms with Gasteiger partial charge in [0.25, 0.3) is 0 Å². The van der Waals surface area contributed by atoms with E-state index in [9.17, 15) is 14.4 Å². The third-order valence-electron chi connectivity index (χ3n) is 5.58. The van der Waals surface area contributed by atoms with Gasteiger partial charge in [0.1, 0.15) is 12.6 Å². The second-order valence-corrected chi connectivity index (χ2v) is 8.32. The van der Waals surface area contributed by atoms with E-state index in [1.165, 1.54) is 11.1 Å². The van der Waals surface area contributed by atoms with E-state index in [4.69, 9.17) is 20.9 Å². The van der Waals surface area contributed by atoms with Crippen molar-refractivity contribution in [3.05, 3.63) is 41.6 Å². The number of anilines is 1. The minimum atomic E-state index is -0.738. The van der Waals surface area contributed by atoms with Gasteiger partial charge in [-0.1, -0.05) is 18.2 Å². The maximum atomic E-state index is 11.9. The fourth-order valence-corrected chi connectivity index (χ4v) is 3.56. The summed E-state index contributed by atoms with van der Waals surface area (Å²) in [5.74, 6) is -1.06. The molecule has 0 bridgehead atoms. The molecule has 35 heavy (non-hydrogen) atoms. The van der Waals surface area contributed by atoms with Gasteiger partial charge < -0.3 is 31.0 Å². The lowest BCUT2D eigenvalue weighted by Gasteiger charge is -2.26. The van der Waals surface area contributed by atoms with Crippen LogP contribution in [0, 0.1) is 0 Å². The van der Waals surface area contributed by atoms with E-state index >= 15 is 0 Å². The predicted molar refractivity (Wildman–Crippen MR) is 132 cm³/mol. The molecule has 194 valence electrons. The Balaban J connectivity index is 0.000000307. The zero-order valence-corrected chi connectivity index (χ0v) is 20.5. The molecule has 10 heteroatoms. The van der Waals surface area contributed by atoms with Gasteiger partial charge in [-0.05, 0) is 43.4 Å². The quantitative estimate of drug-likeness (QED) is 0.391. The average Bonchev–Trinajstić information content (AvgIpc) is 2.87. The Hall–Kier alpha value is -2.95. The lowest BCUT2D eigenvalue weighted by atomic mass is 9.98. The van der Waals surface area contributed by atoms with Crippen molar-refractivity contribution in [1.29, 1.82) is 0 Å². The van der Waals surface area contributed by atoms with Gasteiger partial charge in [-0.15, -0.1) is 0 Å². The molecule has 1 aromatic carbocycles. The number of nitrogens with zero attached hydrogens (tertiary/aromatic N) is 1. The van der Waals surface area contributed by atoms with Gasteiger partial charge in [-0.2, -0.15) is 0 Å². The van der Waals surface area contributed by atoms with Crippen LogP contribution in [0.2, 0.25) is 0 Å². The van der Waals surface area contributed by atoms with Crippen LogP contribution in [0.3, 0.4) is 0 Å². The molecule has 5 N–H and O–H groups in total. The highest BCUT2D eigenvalue weighted by molar-refractivity contribution is 5.78. The number of carbonyl (C=O) groups excluding carboxylic acids is 3. The van der Waals surface area contributed by atoms with Crippen LogP contribution >= 0.6 is 0 Å². The second kappa shape index (κ2) is 15.9. The fourth-order valence-electron chi connectivity index (χ4n) is 3.56. The van der Waals surface area contributed by atoms with Gasteiger partial charge in [0.05, 0.1) is 19.8 Å². The molecule has 0 saturated carbocycles. The highest BCUT2D eigenvalue weighted by atomic mass is 16.5. The van der Waals surface area contributed by atoms with Crippen molar-refractivity contribution in [2.24, 2.45) is 11.5 Å². The molecule has 10 nitrogen and oxygen atoms in total. The highest BCUT2D eigenvalue weighted by Crippen LogP contribution is 2.25. The van der Waals surface area contributed by atoms with Crippen LogP contribution in [0.4, 0.5) is 5.69 Å². The summed E-state index contributed by atoms with van der Waals surface area (Å²) >= 11 is 0. The number of esters is 2. The van der Waals surface area contributed by atoms with Crippen molar-refractivity contribution in [2.45, 2.75) is 45.1 Å². The van der Waals surface area contributed by atoms with Crippen molar-refractivity contribution in [3.8, 4) is 0 Å². The smallest absolute Gasteiger partial charge is 0.322 e. The molecule has 0 aromatic heterocycles.